The summed E-state index contributed by atoms with van der Waals surface area (Å²) in [7, 11) is 2.00. The molecule has 1 aromatic carbocycles. The number of nitrogens with zero attached hydrogens (tertiary/aromatic N) is 1. The van der Waals surface area contributed by atoms with E-state index in [1.807, 2.05) is 25.2 Å². The second-order valence-electron chi connectivity index (χ2n) is 3.51. The van der Waals surface area contributed by atoms with Gasteiger partial charge in [0, 0.05) is 6.54 Å². The van der Waals surface area contributed by atoms with E-state index in [0.717, 1.165) is 19.3 Å². The van der Waals surface area contributed by atoms with E-state index in [4.69, 9.17) is 0 Å². The van der Waals surface area contributed by atoms with Gasteiger partial charge in [-0.05, 0) is 24.6 Å². The van der Waals surface area contributed by atoms with E-state index in [1.165, 1.54) is 11.1 Å². The van der Waals surface area contributed by atoms with Crippen LogP contribution in [0.5, 0.6) is 0 Å². The molecule has 68 valence electrons. The maximum Gasteiger partial charge on any atom is 0.141 e. The minimum absolute atomic E-state index is 0.0371. The summed E-state index contributed by atoms with van der Waals surface area (Å²) in [6.07, 6.45) is 2.08. The molecule has 0 aliphatic carbocycles. The van der Waals surface area contributed by atoms with Gasteiger partial charge in [0.15, 0.2) is 0 Å². The molecule has 1 unspecified atom stereocenters. The van der Waals surface area contributed by atoms with Gasteiger partial charge in [-0.3, -0.25) is 4.90 Å². The Labute approximate surface area is 78.2 Å². The van der Waals surface area contributed by atoms with Gasteiger partial charge in [-0.1, -0.05) is 24.3 Å². The van der Waals surface area contributed by atoms with Crippen LogP contribution in [-0.2, 0) is 11.2 Å². The van der Waals surface area contributed by atoms with Gasteiger partial charge in [0.1, 0.15) is 6.29 Å². The summed E-state index contributed by atoms with van der Waals surface area (Å²) in [5, 5.41) is 0. The van der Waals surface area contributed by atoms with Gasteiger partial charge in [0.05, 0.1) is 6.04 Å². The van der Waals surface area contributed by atoms with Crippen molar-refractivity contribution < 1.29 is 4.79 Å². The fourth-order valence-corrected chi connectivity index (χ4v) is 1.90. The van der Waals surface area contributed by atoms with E-state index < -0.39 is 0 Å². The fourth-order valence-electron chi connectivity index (χ4n) is 1.90. The lowest BCUT2D eigenvalue weighted by Crippen LogP contribution is -2.32. The third-order valence-corrected chi connectivity index (χ3v) is 2.71. The molecule has 1 atom stereocenters. The number of hydrogen-bond donors (Lipinski definition) is 0. The first kappa shape index (κ1) is 8.45. The SMILES string of the molecule is CN1CCc2ccccc2C1C=O. The minimum Gasteiger partial charge on any atom is -0.301 e. The Morgan fingerprint density at radius 2 is 2.23 bits per heavy atom. The summed E-state index contributed by atoms with van der Waals surface area (Å²) >= 11 is 0. The van der Waals surface area contributed by atoms with Gasteiger partial charge in [-0.2, -0.15) is 0 Å². The monoisotopic (exact) mass is 175 g/mol. The van der Waals surface area contributed by atoms with Crippen LogP contribution in [0, 0.1) is 0 Å². The van der Waals surface area contributed by atoms with Crippen LogP contribution < -0.4 is 0 Å². The highest BCUT2D eigenvalue weighted by atomic mass is 16.1. The molecule has 13 heavy (non-hydrogen) atoms. The van der Waals surface area contributed by atoms with Crippen LogP contribution in [0.15, 0.2) is 24.3 Å². The van der Waals surface area contributed by atoms with Gasteiger partial charge in [-0.15, -0.1) is 0 Å². The van der Waals surface area contributed by atoms with Crippen molar-refractivity contribution in [2.24, 2.45) is 0 Å². The maximum absolute atomic E-state index is 10.9. The van der Waals surface area contributed by atoms with Crippen molar-refractivity contribution in [3.8, 4) is 0 Å². The zero-order chi connectivity index (χ0) is 9.26. The Hall–Kier alpha value is -1.15. The van der Waals surface area contributed by atoms with Crippen molar-refractivity contribution in [1.82, 2.24) is 4.90 Å². The highest BCUT2D eigenvalue weighted by molar-refractivity contribution is 5.63. The average Bonchev–Trinajstić information content (AvgIpc) is 2.18. The molecule has 0 fully saturated rings. The number of carbonyl (C=O) groups is 1. The lowest BCUT2D eigenvalue weighted by atomic mass is 9.94. The third-order valence-electron chi connectivity index (χ3n) is 2.71. The first-order valence-electron chi connectivity index (χ1n) is 4.56. The molecule has 2 heteroatoms. The van der Waals surface area contributed by atoms with Gasteiger partial charge in [0.25, 0.3) is 0 Å². The molecular formula is C11H13NO. The predicted octanol–water partition coefficient (Wildman–Crippen LogP) is 1.41. The number of fused-ring (bicyclic) bond motifs is 1. The van der Waals surface area contributed by atoms with Crippen molar-refractivity contribution in [3.63, 3.8) is 0 Å². The number of hydrogen-bond acceptors (Lipinski definition) is 2. The van der Waals surface area contributed by atoms with E-state index in [-0.39, 0.29) is 6.04 Å². The van der Waals surface area contributed by atoms with E-state index in [0.29, 0.717) is 0 Å². The first-order chi connectivity index (χ1) is 6.33. The molecule has 0 saturated heterocycles. The Kier molecular flexibility index (Phi) is 2.15. The van der Waals surface area contributed by atoms with Gasteiger partial charge >= 0.3 is 0 Å². The molecular weight excluding hydrogens is 162 g/mol. The molecule has 0 amide bonds. The van der Waals surface area contributed by atoms with Gasteiger partial charge < -0.3 is 4.79 Å². The van der Waals surface area contributed by atoms with Gasteiger partial charge in [-0.25, -0.2) is 0 Å². The number of benzene rings is 1. The Morgan fingerprint density at radius 1 is 1.46 bits per heavy atom. The first-order valence-corrected chi connectivity index (χ1v) is 4.56. The molecule has 2 nitrogen and oxygen atoms in total. The lowest BCUT2D eigenvalue weighted by Gasteiger charge is -2.30. The molecule has 0 spiro atoms. The molecule has 1 heterocycles. The van der Waals surface area contributed by atoms with Crippen LogP contribution in [-0.4, -0.2) is 24.8 Å². The normalized spacial score (nSPS) is 22.4. The van der Waals surface area contributed by atoms with E-state index >= 15 is 0 Å². The zero-order valence-electron chi connectivity index (χ0n) is 7.73. The summed E-state index contributed by atoms with van der Waals surface area (Å²) in [6.45, 7) is 0.973. The van der Waals surface area contributed by atoms with Crippen molar-refractivity contribution in [2.45, 2.75) is 12.5 Å². The molecule has 0 saturated carbocycles. The highest BCUT2D eigenvalue weighted by Gasteiger charge is 2.22. The molecule has 0 N–H and O–H groups in total. The second-order valence-corrected chi connectivity index (χ2v) is 3.51. The zero-order valence-corrected chi connectivity index (χ0v) is 7.73. The Morgan fingerprint density at radius 3 is 3.00 bits per heavy atom. The molecule has 1 aromatic rings. The number of likely N-dealkylation sites (N-methyl/N-ethyl adjacent to an activating group) is 1. The van der Waals surface area contributed by atoms with Gasteiger partial charge in [0.2, 0.25) is 0 Å². The Bertz CT molecular complexity index is 322. The van der Waals surface area contributed by atoms with Crippen molar-refractivity contribution in [2.75, 3.05) is 13.6 Å². The lowest BCUT2D eigenvalue weighted by molar-refractivity contribution is -0.112. The molecule has 1 aliphatic rings. The quantitative estimate of drug-likeness (QED) is 0.601. The van der Waals surface area contributed by atoms with Crippen LogP contribution >= 0.6 is 0 Å². The van der Waals surface area contributed by atoms with Crippen LogP contribution in [0.3, 0.4) is 0 Å². The predicted molar refractivity (Wildman–Crippen MR) is 51.6 cm³/mol. The summed E-state index contributed by atoms with van der Waals surface area (Å²) in [5.41, 5.74) is 2.49. The molecule has 0 bridgehead atoms. The number of carbonyl (C=O) groups excluding carboxylic acids is 1. The van der Waals surface area contributed by atoms with Crippen molar-refractivity contribution in [3.05, 3.63) is 35.4 Å². The summed E-state index contributed by atoms with van der Waals surface area (Å²) in [6, 6.07) is 8.15. The second kappa shape index (κ2) is 3.30. The molecule has 0 aromatic heterocycles. The number of rotatable bonds is 1. The minimum atomic E-state index is -0.0371. The van der Waals surface area contributed by atoms with E-state index in [2.05, 4.69) is 11.0 Å². The molecule has 2 rings (SSSR count). The third kappa shape index (κ3) is 1.38. The van der Waals surface area contributed by atoms with Crippen LogP contribution in [0.25, 0.3) is 0 Å². The summed E-state index contributed by atoms with van der Waals surface area (Å²) < 4.78 is 0. The van der Waals surface area contributed by atoms with E-state index in [9.17, 15) is 4.79 Å². The van der Waals surface area contributed by atoms with E-state index in [1.54, 1.807) is 0 Å². The standard InChI is InChI=1S/C11H13NO/c1-12-7-6-9-4-2-3-5-10(9)11(12)8-13/h2-5,8,11H,6-7H2,1H3. The average molecular weight is 175 g/mol. The van der Waals surface area contributed by atoms with Crippen molar-refractivity contribution >= 4 is 6.29 Å². The highest BCUT2D eigenvalue weighted by Crippen LogP contribution is 2.26. The maximum atomic E-state index is 10.9. The van der Waals surface area contributed by atoms with Crippen LogP contribution in [0.1, 0.15) is 17.2 Å². The van der Waals surface area contributed by atoms with Crippen LogP contribution in [0.4, 0.5) is 0 Å². The topological polar surface area (TPSA) is 20.3 Å². The summed E-state index contributed by atoms with van der Waals surface area (Å²) in [4.78, 5) is 13.0. The fraction of sp³-hybridized carbons (Fsp3) is 0.364. The molecule has 1 aliphatic heterocycles. The van der Waals surface area contributed by atoms with Crippen molar-refractivity contribution in [1.29, 1.82) is 0 Å². The Balaban J connectivity index is 2.45. The summed E-state index contributed by atoms with van der Waals surface area (Å²) in [5.74, 6) is 0. The largest absolute Gasteiger partial charge is 0.301 e. The van der Waals surface area contributed by atoms with Crippen LogP contribution in [0.2, 0.25) is 0 Å². The molecule has 0 radical (unpaired) electrons. The smallest absolute Gasteiger partial charge is 0.141 e. The number of aldehydes is 1.